The molecule has 0 aliphatic rings. The molecule has 0 aliphatic carbocycles. The van der Waals surface area contributed by atoms with E-state index in [4.69, 9.17) is 0 Å². The molecular weight excluding hydrogens is 493 g/mol. The van der Waals surface area contributed by atoms with Crippen LogP contribution in [0.4, 0.5) is 0 Å². The van der Waals surface area contributed by atoms with Crippen LogP contribution in [0.25, 0.3) is 0 Å². The Balaban J connectivity index is 0. The van der Waals surface area contributed by atoms with Gasteiger partial charge in [-0.2, -0.15) is 0 Å². The zero-order valence-electron chi connectivity index (χ0n) is 2.83. The van der Waals surface area contributed by atoms with Gasteiger partial charge in [0.2, 0.25) is 0 Å². The standard InChI is InChI=1S/Ba.3Sn.6H. The van der Waals surface area contributed by atoms with Crippen LogP contribution in [0.1, 0.15) is 0 Å². The van der Waals surface area contributed by atoms with Gasteiger partial charge in [0.05, 0.1) is 0 Å². The molecular formula is H6BaSn3. The molecule has 4 heavy (non-hydrogen) atoms. The molecule has 0 heterocycles. The first kappa shape index (κ1) is 24.6. The summed E-state index contributed by atoms with van der Waals surface area (Å²) in [7, 11) is 0. The van der Waals surface area contributed by atoms with Gasteiger partial charge < -0.3 is 0 Å². The van der Waals surface area contributed by atoms with Gasteiger partial charge in [0.15, 0.2) is 0 Å². The Labute approximate surface area is 117 Å². The van der Waals surface area contributed by atoms with Crippen LogP contribution in [-0.2, 0) is 0 Å². The molecule has 0 bridgehead atoms. The molecule has 0 saturated heterocycles. The van der Waals surface area contributed by atoms with E-state index in [-0.39, 0.29) is 121 Å². The van der Waals surface area contributed by atoms with E-state index >= 15 is 0 Å². The van der Waals surface area contributed by atoms with E-state index in [9.17, 15) is 0 Å². The van der Waals surface area contributed by atoms with Crippen LogP contribution in [0, 0.1) is 0 Å². The van der Waals surface area contributed by atoms with E-state index < -0.39 is 0 Å². The van der Waals surface area contributed by atoms with Gasteiger partial charge in [-0.25, -0.2) is 0 Å². The molecule has 0 N–H and O–H groups in total. The second-order valence-electron chi connectivity index (χ2n) is 0. The Bertz CT molecular complexity index is 3.25. The van der Waals surface area contributed by atoms with E-state index in [1.54, 1.807) is 0 Å². The number of hydrogen-bond donors (Lipinski definition) is 0. The van der Waals surface area contributed by atoms with Crippen LogP contribution in [0.2, 0.25) is 0 Å². The Morgan fingerprint density at radius 2 is 0.500 bits per heavy atom. The predicted molar refractivity (Wildman–Crippen MR) is 31.4 cm³/mol. The molecule has 0 aromatic heterocycles. The van der Waals surface area contributed by atoms with Crippen LogP contribution in [-0.4, -0.2) is 121 Å². The van der Waals surface area contributed by atoms with Gasteiger partial charge in [-0.3, -0.25) is 0 Å². The maximum absolute atomic E-state index is 0. The van der Waals surface area contributed by atoms with E-state index in [0.717, 1.165) is 0 Å². The van der Waals surface area contributed by atoms with Gasteiger partial charge in [-0.1, -0.05) is 0 Å². The average molecular weight is 500 g/mol. The summed E-state index contributed by atoms with van der Waals surface area (Å²) in [6, 6.07) is 0. The average Bonchev–Trinajstić information content (AvgIpc) is 0. The number of hydrogen-bond acceptors (Lipinski definition) is 0. The summed E-state index contributed by atoms with van der Waals surface area (Å²) in [5.74, 6) is 0. The minimum atomic E-state index is 0. The molecule has 0 aliphatic heterocycles. The van der Waals surface area contributed by atoms with Crippen molar-refractivity contribution in [2.45, 2.75) is 0 Å². The van der Waals surface area contributed by atoms with Gasteiger partial charge in [0.25, 0.3) is 0 Å². The first-order chi connectivity index (χ1) is 0. The third-order valence-corrected chi connectivity index (χ3v) is 0. The molecule has 8 radical (unpaired) electrons. The maximum atomic E-state index is 0. The van der Waals surface area contributed by atoms with Crippen molar-refractivity contribution in [1.82, 2.24) is 0 Å². The molecule has 20 valence electrons. The quantitative estimate of drug-likeness (QED) is 0.310. The van der Waals surface area contributed by atoms with Gasteiger partial charge in [0.1, 0.15) is 0 Å². The zero-order valence-corrected chi connectivity index (χ0v) is 19.4. The van der Waals surface area contributed by atoms with Crippen LogP contribution in [0.5, 0.6) is 0 Å². The first-order valence-electron chi connectivity index (χ1n) is 0. The Kier molecular flexibility index (Phi) is 96.8. The molecule has 0 unspecified atom stereocenters. The van der Waals surface area contributed by atoms with Crippen molar-refractivity contribution in [1.29, 1.82) is 0 Å². The predicted octanol–water partition coefficient (Wildman–Crippen LogP) is -3.13. The summed E-state index contributed by atoms with van der Waals surface area (Å²) in [5, 5.41) is 0. The fourth-order valence-electron chi connectivity index (χ4n) is 0. The number of rotatable bonds is 0. The summed E-state index contributed by atoms with van der Waals surface area (Å²) < 4.78 is 0. The van der Waals surface area contributed by atoms with Crippen molar-refractivity contribution in [3.8, 4) is 0 Å². The molecule has 4 heteroatoms. The van der Waals surface area contributed by atoms with Crippen LogP contribution in [0.3, 0.4) is 0 Å². The molecule has 0 amide bonds. The third kappa shape index (κ3) is 9.35. The van der Waals surface area contributed by atoms with Crippen molar-refractivity contribution in [2.75, 3.05) is 0 Å². The summed E-state index contributed by atoms with van der Waals surface area (Å²) in [5.41, 5.74) is 0. The van der Waals surface area contributed by atoms with Crippen molar-refractivity contribution in [3.63, 3.8) is 0 Å². The summed E-state index contributed by atoms with van der Waals surface area (Å²) in [4.78, 5) is 0. The summed E-state index contributed by atoms with van der Waals surface area (Å²) >= 11 is 0. The second-order valence-corrected chi connectivity index (χ2v) is 0. The second kappa shape index (κ2) is 15.8. The molecule has 0 aromatic carbocycles. The third-order valence-electron chi connectivity index (χ3n) is 0. The van der Waals surface area contributed by atoms with Crippen molar-refractivity contribution >= 4 is 121 Å². The van der Waals surface area contributed by atoms with Crippen molar-refractivity contribution in [3.05, 3.63) is 0 Å². The Morgan fingerprint density at radius 3 is 0.500 bits per heavy atom. The van der Waals surface area contributed by atoms with Crippen molar-refractivity contribution in [2.24, 2.45) is 0 Å². The molecule has 0 spiro atoms. The molecule has 0 nitrogen and oxygen atoms in total. The van der Waals surface area contributed by atoms with E-state index in [1.807, 2.05) is 0 Å². The summed E-state index contributed by atoms with van der Waals surface area (Å²) in [6.45, 7) is 0. The normalized spacial score (nSPS) is 0. The van der Waals surface area contributed by atoms with Crippen LogP contribution < -0.4 is 0 Å². The first-order valence-corrected chi connectivity index (χ1v) is 0. The van der Waals surface area contributed by atoms with E-state index in [2.05, 4.69) is 0 Å². The monoisotopic (exact) mass is 504 g/mol. The molecule has 0 rings (SSSR count). The molecule has 0 atom stereocenters. The fraction of sp³-hybridized carbons (Fsp3) is 0. The zero-order chi connectivity index (χ0) is 0. The fourth-order valence-corrected chi connectivity index (χ4v) is 0. The molecule has 0 saturated carbocycles. The van der Waals surface area contributed by atoms with Gasteiger partial charge in [-0.15, -0.1) is 0 Å². The van der Waals surface area contributed by atoms with Gasteiger partial charge >= 0.3 is 71.7 Å². The van der Waals surface area contributed by atoms with Gasteiger partial charge in [-0.05, 0) is 0 Å². The van der Waals surface area contributed by atoms with Crippen LogP contribution >= 0.6 is 0 Å². The van der Waals surface area contributed by atoms with E-state index in [1.165, 1.54) is 0 Å². The van der Waals surface area contributed by atoms with Gasteiger partial charge in [0, 0.05) is 48.9 Å². The van der Waals surface area contributed by atoms with Crippen LogP contribution in [0.15, 0.2) is 0 Å². The Hall–Kier alpha value is 3.97. The minimum absolute atomic E-state index is 0. The van der Waals surface area contributed by atoms with E-state index in [0.29, 0.717) is 0 Å². The SMILES string of the molecule is [Ba].[SnH2].[SnH2].[SnH2]. The Morgan fingerprint density at radius 1 is 0.500 bits per heavy atom. The summed E-state index contributed by atoms with van der Waals surface area (Å²) in [6.07, 6.45) is 0. The molecule has 0 aromatic rings. The van der Waals surface area contributed by atoms with Crippen molar-refractivity contribution < 1.29 is 0 Å². The molecule has 0 fully saturated rings. The topological polar surface area (TPSA) is 0 Å².